The Kier molecular flexibility index (Phi) is 8.39. The van der Waals surface area contributed by atoms with Crippen LogP contribution in [-0.2, 0) is 19.1 Å². The SMILES string of the molecule is O=C(O)/C=C/c1ccc(O[C@@H]2O[C@H](COC(=O)/C=C/c3ccc(O)cc3)[C@@H](O)[C@@H](O)[C@H]2O)cc1. The van der Waals surface area contributed by atoms with E-state index in [9.17, 15) is 30.0 Å². The topological polar surface area (TPSA) is 163 Å². The van der Waals surface area contributed by atoms with Crippen LogP contribution in [0.1, 0.15) is 11.1 Å². The normalized spacial score (nSPS) is 24.9. The molecule has 5 atom stereocenters. The molecule has 3 rings (SSSR count). The van der Waals surface area contributed by atoms with Crippen LogP contribution in [0, 0.1) is 0 Å². The zero-order chi connectivity index (χ0) is 24.7. The van der Waals surface area contributed by atoms with E-state index in [-0.39, 0.29) is 11.5 Å². The van der Waals surface area contributed by atoms with E-state index in [1.54, 1.807) is 24.3 Å². The van der Waals surface area contributed by atoms with Crippen LogP contribution >= 0.6 is 0 Å². The van der Waals surface area contributed by atoms with E-state index in [4.69, 9.17) is 19.3 Å². The molecule has 34 heavy (non-hydrogen) atoms. The molecule has 1 heterocycles. The predicted molar refractivity (Wildman–Crippen MR) is 119 cm³/mol. The van der Waals surface area contributed by atoms with Gasteiger partial charge in [-0.05, 0) is 47.5 Å². The first-order valence-corrected chi connectivity index (χ1v) is 10.2. The van der Waals surface area contributed by atoms with Crippen LogP contribution in [-0.4, -0.2) is 74.8 Å². The van der Waals surface area contributed by atoms with Crippen LogP contribution in [0.3, 0.4) is 0 Å². The summed E-state index contributed by atoms with van der Waals surface area (Å²) in [7, 11) is 0. The van der Waals surface area contributed by atoms with Crippen molar-refractivity contribution in [1.82, 2.24) is 0 Å². The highest BCUT2D eigenvalue weighted by Crippen LogP contribution is 2.25. The van der Waals surface area contributed by atoms with Gasteiger partial charge in [0, 0.05) is 12.2 Å². The average molecular weight is 472 g/mol. The molecule has 180 valence electrons. The number of hydrogen-bond donors (Lipinski definition) is 5. The molecule has 0 aliphatic carbocycles. The number of ether oxygens (including phenoxy) is 3. The highest BCUT2D eigenvalue weighted by Gasteiger charge is 2.45. The minimum atomic E-state index is -1.62. The van der Waals surface area contributed by atoms with Crippen LogP contribution < -0.4 is 4.74 Å². The number of carboxylic acid groups (broad SMARTS) is 1. The number of aliphatic hydroxyl groups is 3. The summed E-state index contributed by atoms with van der Waals surface area (Å²) in [5.74, 6) is -1.47. The molecule has 10 nitrogen and oxygen atoms in total. The van der Waals surface area contributed by atoms with Crippen LogP contribution in [0.2, 0.25) is 0 Å². The van der Waals surface area contributed by atoms with E-state index in [0.29, 0.717) is 11.1 Å². The lowest BCUT2D eigenvalue weighted by atomic mass is 9.99. The summed E-state index contributed by atoms with van der Waals surface area (Å²) in [5.41, 5.74) is 1.25. The third-order valence-corrected chi connectivity index (χ3v) is 4.91. The minimum Gasteiger partial charge on any atom is -0.508 e. The summed E-state index contributed by atoms with van der Waals surface area (Å²) in [6.45, 7) is -0.414. The molecule has 1 aliphatic rings. The Morgan fingerprint density at radius 3 is 2.06 bits per heavy atom. The Labute approximate surface area is 194 Å². The Bertz CT molecular complexity index is 1030. The molecular weight excluding hydrogens is 448 g/mol. The second-order valence-corrected chi connectivity index (χ2v) is 7.43. The zero-order valence-corrected chi connectivity index (χ0v) is 17.8. The molecule has 0 bridgehead atoms. The molecule has 2 aromatic carbocycles. The number of phenols is 1. The van der Waals surface area contributed by atoms with Gasteiger partial charge in [0.2, 0.25) is 6.29 Å². The third-order valence-electron chi connectivity index (χ3n) is 4.91. The number of aromatic hydroxyl groups is 1. The van der Waals surface area contributed by atoms with E-state index in [0.717, 1.165) is 12.2 Å². The first kappa shape index (κ1) is 24.9. The van der Waals surface area contributed by atoms with Gasteiger partial charge in [-0.25, -0.2) is 9.59 Å². The van der Waals surface area contributed by atoms with Crippen LogP contribution in [0.25, 0.3) is 12.2 Å². The molecule has 1 saturated heterocycles. The lowest BCUT2D eigenvalue weighted by Gasteiger charge is -2.39. The van der Waals surface area contributed by atoms with Crippen molar-refractivity contribution in [1.29, 1.82) is 0 Å². The number of benzene rings is 2. The van der Waals surface area contributed by atoms with Crippen molar-refractivity contribution in [3.05, 3.63) is 71.8 Å². The van der Waals surface area contributed by atoms with Crippen LogP contribution in [0.4, 0.5) is 0 Å². The van der Waals surface area contributed by atoms with Gasteiger partial charge in [-0.15, -0.1) is 0 Å². The third kappa shape index (κ3) is 6.90. The fourth-order valence-corrected chi connectivity index (χ4v) is 3.07. The molecule has 1 aliphatic heterocycles. The van der Waals surface area contributed by atoms with Gasteiger partial charge in [0.05, 0.1) is 0 Å². The fraction of sp³-hybridized carbons (Fsp3) is 0.250. The van der Waals surface area contributed by atoms with Crippen molar-refractivity contribution in [3.63, 3.8) is 0 Å². The summed E-state index contributed by atoms with van der Waals surface area (Å²) in [6.07, 6.45) is -2.28. The van der Waals surface area contributed by atoms with Gasteiger partial charge < -0.3 is 39.7 Å². The molecular formula is C24H24O10. The average Bonchev–Trinajstić information content (AvgIpc) is 2.82. The van der Waals surface area contributed by atoms with Gasteiger partial charge >= 0.3 is 11.9 Å². The maximum atomic E-state index is 12.0. The number of carbonyl (C=O) groups is 2. The molecule has 1 fully saturated rings. The van der Waals surface area contributed by atoms with E-state index in [2.05, 4.69) is 0 Å². The molecule has 0 unspecified atom stereocenters. The second kappa shape index (κ2) is 11.4. The molecule has 0 amide bonds. The first-order chi connectivity index (χ1) is 16.2. The van der Waals surface area contributed by atoms with Gasteiger partial charge in [0.15, 0.2) is 0 Å². The second-order valence-electron chi connectivity index (χ2n) is 7.43. The smallest absolute Gasteiger partial charge is 0.330 e. The van der Waals surface area contributed by atoms with Crippen molar-refractivity contribution in [2.45, 2.75) is 30.7 Å². The number of esters is 1. The quantitative estimate of drug-likeness (QED) is 0.276. The van der Waals surface area contributed by atoms with E-state index in [1.807, 2.05) is 0 Å². The van der Waals surface area contributed by atoms with Crippen molar-refractivity contribution in [2.75, 3.05) is 6.61 Å². The number of hydrogen-bond acceptors (Lipinski definition) is 9. The van der Waals surface area contributed by atoms with Crippen molar-refractivity contribution in [2.24, 2.45) is 0 Å². The molecule has 0 saturated carbocycles. The number of phenolic OH excluding ortho intramolecular Hbond substituents is 1. The lowest BCUT2D eigenvalue weighted by Crippen LogP contribution is -2.60. The molecule has 2 aromatic rings. The highest BCUT2D eigenvalue weighted by molar-refractivity contribution is 5.87. The summed E-state index contributed by atoms with van der Waals surface area (Å²) < 4.78 is 16.2. The maximum Gasteiger partial charge on any atom is 0.330 e. The Hall–Kier alpha value is -3.70. The monoisotopic (exact) mass is 472 g/mol. The summed E-state index contributed by atoms with van der Waals surface area (Å²) >= 11 is 0. The summed E-state index contributed by atoms with van der Waals surface area (Å²) in [6, 6.07) is 12.3. The van der Waals surface area contributed by atoms with Gasteiger partial charge in [0.1, 0.15) is 42.5 Å². The summed E-state index contributed by atoms with van der Waals surface area (Å²) in [5, 5.41) is 48.5. The van der Waals surface area contributed by atoms with Gasteiger partial charge in [-0.3, -0.25) is 0 Å². The molecule has 0 aromatic heterocycles. The van der Waals surface area contributed by atoms with Crippen molar-refractivity contribution >= 4 is 24.1 Å². The number of carboxylic acids is 1. The largest absolute Gasteiger partial charge is 0.508 e. The van der Waals surface area contributed by atoms with E-state index >= 15 is 0 Å². The number of carbonyl (C=O) groups excluding carboxylic acids is 1. The molecule has 0 spiro atoms. The summed E-state index contributed by atoms with van der Waals surface area (Å²) in [4.78, 5) is 22.6. The first-order valence-electron chi connectivity index (χ1n) is 10.2. The van der Waals surface area contributed by atoms with Gasteiger partial charge in [0.25, 0.3) is 0 Å². The van der Waals surface area contributed by atoms with E-state index in [1.165, 1.54) is 36.4 Å². The van der Waals surface area contributed by atoms with E-state index < -0.39 is 49.3 Å². The Morgan fingerprint density at radius 2 is 1.44 bits per heavy atom. The van der Waals surface area contributed by atoms with Crippen LogP contribution in [0.5, 0.6) is 11.5 Å². The fourth-order valence-electron chi connectivity index (χ4n) is 3.07. The van der Waals surface area contributed by atoms with Crippen molar-refractivity contribution < 1.29 is 49.3 Å². The minimum absolute atomic E-state index is 0.0895. The molecule has 0 radical (unpaired) electrons. The van der Waals surface area contributed by atoms with Gasteiger partial charge in [-0.2, -0.15) is 0 Å². The standard InChI is InChI=1S/C24H24O10/c25-16-7-1-14(2-8-16)6-12-20(28)32-13-18-21(29)22(30)23(31)24(34-18)33-17-9-3-15(4-10-17)5-11-19(26)27/h1-12,18,21-25,29-31H,13H2,(H,26,27)/b11-5+,12-6+/t18-,21-,22-,23-,24-/m1/s1. The number of aliphatic carboxylic acids is 1. The number of aliphatic hydroxyl groups excluding tert-OH is 3. The maximum absolute atomic E-state index is 12.0. The van der Waals surface area contributed by atoms with Crippen LogP contribution in [0.15, 0.2) is 60.7 Å². The number of rotatable bonds is 8. The zero-order valence-electron chi connectivity index (χ0n) is 17.8. The van der Waals surface area contributed by atoms with Gasteiger partial charge in [-0.1, -0.05) is 24.3 Å². The molecule has 5 N–H and O–H groups in total. The lowest BCUT2D eigenvalue weighted by molar-refractivity contribution is -0.278. The predicted octanol–water partition coefficient (Wildman–Crippen LogP) is 0.933. The Balaban J connectivity index is 1.58. The highest BCUT2D eigenvalue weighted by atomic mass is 16.7. The molecule has 10 heteroatoms. The Morgan fingerprint density at radius 1 is 0.853 bits per heavy atom. The van der Waals surface area contributed by atoms with Crippen molar-refractivity contribution in [3.8, 4) is 11.5 Å².